The van der Waals surface area contributed by atoms with E-state index in [1.165, 1.54) is 0 Å². The molecule has 2 saturated heterocycles. The maximum absolute atomic E-state index is 11.1. The van der Waals surface area contributed by atoms with Gasteiger partial charge in [-0.3, -0.25) is 0 Å². The molecular weight excluding hydrogens is 496 g/mol. The average molecular weight is 541 g/mol. The van der Waals surface area contributed by atoms with Crippen molar-refractivity contribution in [2.24, 2.45) is 34.4 Å². The zero-order valence-electron chi connectivity index (χ0n) is 20.8. The molecule has 3 fully saturated rings. The lowest BCUT2D eigenvalue weighted by Crippen LogP contribution is -2.68. The number of hydrogen-bond acceptors (Lipinski definition) is 16. The quantitative estimate of drug-likeness (QED) is 0.129. The van der Waals surface area contributed by atoms with Crippen LogP contribution in [0.4, 0.5) is 0 Å². The second-order valence-corrected chi connectivity index (χ2v) is 10.1. The Hall–Kier alpha value is -0.640. The molecule has 0 amide bonds. The fraction of sp³-hybridized carbons (Fsp3) is 1.00. The van der Waals surface area contributed by atoms with E-state index in [9.17, 15) is 25.5 Å². The summed E-state index contributed by atoms with van der Waals surface area (Å²) in [5.41, 5.74) is 35.2. The summed E-state index contributed by atoms with van der Waals surface area (Å²) in [5, 5.41) is 52.7. The predicted octanol–water partition coefficient (Wildman–Crippen LogP) is -6.95. The van der Waals surface area contributed by atoms with Crippen LogP contribution in [0.1, 0.15) is 13.3 Å². The molecule has 17 N–H and O–H groups in total. The monoisotopic (exact) mass is 540 g/mol. The van der Waals surface area contributed by atoms with Crippen molar-refractivity contribution in [3.05, 3.63) is 0 Å². The van der Waals surface area contributed by atoms with Crippen LogP contribution in [0.3, 0.4) is 0 Å². The number of aliphatic hydroxyl groups excluding tert-OH is 5. The predicted molar refractivity (Wildman–Crippen MR) is 127 cm³/mol. The standard InChI is InChI=1S/C21H44N6O10/c1-6-17(33-5-7(24)3-22)14(30)15(31)21(34-6)37-19-9(26)2-8(25)18(16(19)32)36-20-11(27)13(29)12(28)10(4-23)35-20/h6-21,28-32H,2-5,22-27H2,1H3/t6?,7-,8?,9?,10?,11?,12?,13?,14?,15?,16?,17?,18?,19?,20?,21?/m1/s1. The molecule has 15 unspecified atom stereocenters. The first-order chi connectivity index (χ1) is 17.4. The normalized spacial score (nSPS) is 50.1. The van der Waals surface area contributed by atoms with E-state index < -0.39 is 97.8 Å². The van der Waals surface area contributed by atoms with Crippen molar-refractivity contribution >= 4 is 0 Å². The van der Waals surface area contributed by atoms with Crippen molar-refractivity contribution < 1.29 is 49.2 Å². The Labute approximate surface area is 215 Å². The Balaban J connectivity index is 1.67. The van der Waals surface area contributed by atoms with E-state index in [0.29, 0.717) is 0 Å². The van der Waals surface area contributed by atoms with Crippen LogP contribution in [0.15, 0.2) is 0 Å². The van der Waals surface area contributed by atoms with Crippen molar-refractivity contribution in [2.45, 2.75) is 111 Å². The van der Waals surface area contributed by atoms with E-state index in [2.05, 4.69) is 0 Å². The number of nitrogens with two attached hydrogens (primary N) is 6. The van der Waals surface area contributed by atoms with E-state index in [4.69, 9.17) is 58.1 Å². The molecule has 16 heteroatoms. The maximum atomic E-state index is 11.1. The second-order valence-electron chi connectivity index (χ2n) is 10.1. The minimum Gasteiger partial charge on any atom is -0.388 e. The molecule has 1 saturated carbocycles. The molecule has 3 rings (SSSR count). The summed E-state index contributed by atoms with van der Waals surface area (Å²) in [6.45, 7) is 1.74. The highest BCUT2D eigenvalue weighted by Crippen LogP contribution is 2.31. The Morgan fingerprint density at radius 3 is 1.95 bits per heavy atom. The van der Waals surface area contributed by atoms with Crippen LogP contribution < -0.4 is 34.4 Å². The van der Waals surface area contributed by atoms with Crippen molar-refractivity contribution in [3.8, 4) is 0 Å². The van der Waals surface area contributed by atoms with Gasteiger partial charge in [-0.15, -0.1) is 0 Å². The highest BCUT2D eigenvalue weighted by atomic mass is 16.7. The first-order valence-corrected chi connectivity index (χ1v) is 12.5. The Kier molecular flexibility index (Phi) is 11.0. The molecule has 16 nitrogen and oxygen atoms in total. The van der Waals surface area contributed by atoms with Crippen molar-refractivity contribution in [1.29, 1.82) is 0 Å². The SMILES string of the molecule is CC1OC(OC2C(N)CC(N)C(OC3OC(CN)C(O)C(O)C3N)C2O)C(O)C(O)C1OC[C@H](N)CN. The molecule has 0 radical (unpaired) electrons. The van der Waals surface area contributed by atoms with Crippen molar-refractivity contribution in [1.82, 2.24) is 0 Å². The highest BCUT2D eigenvalue weighted by Gasteiger charge is 2.51. The average Bonchev–Trinajstić information content (AvgIpc) is 2.86. The number of hydrogen-bond donors (Lipinski definition) is 11. The molecule has 0 aromatic rings. The third-order valence-corrected chi connectivity index (χ3v) is 7.21. The number of ether oxygens (including phenoxy) is 5. The van der Waals surface area contributed by atoms with E-state index in [0.717, 1.165) is 0 Å². The number of rotatable bonds is 9. The molecule has 218 valence electrons. The number of aliphatic hydroxyl groups is 5. The molecule has 37 heavy (non-hydrogen) atoms. The zero-order chi connectivity index (χ0) is 27.6. The molecule has 2 heterocycles. The van der Waals surface area contributed by atoms with Crippen LogP contribution in [-0.4, -0.2) is 143 Å². The summed E-state index contributed by atoms with van der Waals surface area (Å²) in [5.74, 6) is 0. The van der Waals surface area contributed by atoms with Crippen LogP contribution in [0.5, 0.6) is 0 Å². The summed E-state index contributed by atoms with van der Waals surface area (Å²) < 4.78 is 28.6. The fourth-order valence-electron chi connectivity index (χ4n) is 4.87. The zero-order valence-corrected chi connectivity index (χ0v) is 20.8. The lowest BCUT2D eigenvalue weighted by atomic mass is 9.84. The van der Waals surface area contributed by atoms with Crippen LogP contribution in [-0.2, 0) is 23.7 Å². The van der Waals surface area contributed by atoms with Gasteiger partial charge in [-0.1, -0.05) is 0 Å². The lowest BCUT2D eigenvalue weighted by Gasteiger charge is -2.48. The van der Waals surface area contributed by atoms with E-state index in [1.54, 1.807) is 6.92 Å². The first-order valence-electron chi connectivity index (χ1n) is 12.5. The van der Waals surface area contributed by atoms with Crippen LogP contribution in [0.25, 0.3) is 0 Å². The molecular formula is C21H44N6O10. The van der Waals surface area contributed by atoms with E-state index >= 15 is 0 Å². The van der Waals surface area contributed by atoms with Gasteiger partial charge < -0.3 is 83.6 Å². The van der Waals surface area contributed by atoms with Crippen molar-refractivity contribution in [2.75, 3.05) is 19.7 Å². The molecule has 3 aliphatic rings. The molecule has 16 atom stereocenters. The van der Waals surface area contributed by atoms with Crippen LogP contribution in [0, 0.1) is 0 Å². The van der Waals surface area contributed by atoms with Gasteiger partial charge in [0, 0.05) is 31.2 Å². The Bertz CT molecular complexity index is 715. The van der Waals surface area contributed by atoms with Gasteiger partial charge >= 0.3 is 0 Å². The summed E-state index contributed by atoms with van der Waals surface area (Å²) in [7, 11) is 0. The first kappa shape index (κ1) is 30.9. The van der Waals surface area contributed by atoms with Gasteiger partial charge in [0.25, 0.3) is 0 Å². The van der Waals surface area contributed by atoms with Gasteiger partial charge in [-0.05, 0) is 13.3 Å². The van der Waals surface area contributed by atoms with Gasteiger partial charge in [0.15, 0.2) is 12.6 Å². The summed E-state index contributed by atoms with van der Waals surface area (Å²) >= 11 is 0. The Morgan fingerprint density at radius 1 is 0.784 bits per heavy atom. The molecule has 1 aliphatic carbocycles. The highest BCUT2D eigenvalue weighted by molar-refractivity contribution is 5.01. The third kappa shape index (κ3) is 6.75. The Morgan fingerprint density at radius 2 is 1.38 bits per heavy atom. The maximum Gasteiger partial charge on any atom is 0.187 e. The minimum atomic E-state index is -1.54. The topological polar surface area (TPSA) is 303 Å². The molecule has 0 aromatic heterocycles. The van der Waals surface area contributed by atoms with E-state index in [1.807, 2.05) is 0 Å². The molecule has 2 aliphatic heterocycles. The van der Waals surface area contributed by atoms with Gasteiger partial charge in [-0.25, -0.2) is 0 Å². The summed E-state index contributed by atoms with van der Waals surface area (Å²) in [6.07, 6.45) is -14.3. The van der Waals surface area contributed by atoms with Gasteiger partial charge in [0.05, 0.1) is 18.8 Å². The van der Waals surface area contributed by atoms with Crippen LogP contribution >= 0.6 is 0 Å². The minimum absolute atomic E-state index is 0.0510. The van der Waals surface area contributed by atoms with Gasteiger partial charge in [-0.2, -0.15) is 0 Å². The van der Waals surface area contributed by atoms with E-state index in [-0.39, 0.29) is 26.1 Å². The van der Waals surface area contributed by atoms with Gasteiger partial charge in [0.1, 0.15) is 54.9 Å². The molecule has 0 spiro atoms. The third-order valence-electron chi connectivity index (χ3n) is 7.21. The lowest BCUT2D eigenvalue weighted by molar-refractivity contribution is -0.330. The smallest absolute Gasteiger partial charge is 0.187 e. The largest absolute Gasteiger partial charge is 0.388 e. The molecule has 0 bridgehead atoms. The summed E-state index contributed by atoms with van der Waals surface area (Å²) in [6, 6.07) is -3.16. The molecule has 0 aromatic carbocycles. The second kappa shape index (κ2) is 13.1. The fourth-order valence-corrected chi connectivity index (χ4v) is 4.87. The van der Waals surface area contributed by atoms with Gasteiger partial charge in [0.2, 0.25) is 0 Å². The van der Waals surface area contributed by atoms with Crippen molar-refractivity contribution in [3.63, 3.8) is 0 Å². The van der Waals surface area contributed by atoms with Crippen LogP contribution in [0.2, 0.25) is 0 Å². The summed E-state index contributed by atoms with van der Waals surface area (Å²) in [4.78, 5) is 0.